The molecule has 0 spiro atoms. The van der Waals surface area contributed by atoms with E-state index in [1.807, 2.05) is 19.9 Å². The number of hydrogen-bond acceptors (Lipinski definition) is 4. The normalized spacial score (nSPS) is 13.8. The third kappa shape index (κ3) is 2.72. The molecule has 0 aliphatic heterocycles. The van der Waals surface area contributed by atoms with Crippen molar-refractivity contribution in [2.45, 2.75) is 26.3 Å². The molecule has 1 amide bonds. The predicted octanol–water partition coefficient (Wildman–Crippen LogP) is 1.27. The van der Waals surface area contributed by atoms with E-state index in [0.29, 0.717) is 11.5 Å². The zero-order valence-electron chi connectivity index (χ0n) is 10.2. The quantitative estimate of drug-likeness (QED) is 0.817. The van der Waals surface area contributed by atoms with Crippen molar-refractivity contribution in [1.82, 2.24) is 4.98 Å². The molecule has 1 heterocycles. The van der Waals surface area contributed by atoms with Crippen LogP contribution >= 0.6 is 0 Å². The summed E-state index contributed by atoms with van der Waals surface area (Å²) in [6.45, 7) is 5.51. The number of nitrogens with one attached hydrogen (secondary N) is 1. The van der Waals surface area contributed by atoms with E-state index >= 15 is 0 Å². The predicted molar refractivity (Wildman–Crippen MR) is 65.0 cm³/mol. The van der Waals surface area contributed by atoms with Gasteiger partial charge in [-0.25, -0.2) is 4.98 Å². The smallest absolute Gasteiger partial charge is 0.243 e. The number of pyridine rings is 1. The number of nitrogens with zero attached hydrogens (tertiary/aromatic N) is 2. The Kier molecular flexibility index (Phi) is 3.69. The van der Waals surface area contributed by atoms with Crippen LogP contribution in [0.1, 0.15) is 26.5 Å². The molecule has 1 aromatic heterocycles. The van der Waals surface area contributed by atoms with Crippen molar-refractivity contribution in [1.29, 1.82) is 5.26 Å². The summed E-state index contributed by atoms with van der Waals surface area (Å²) in [5.74, 6) is 0.0308. The van der Waals surface area contributed by atoms with Crippen LogP contribution in [0.3, 0.4) is 0 Å². The third-order valence-electron chi connectivity index (χ3n) is 2.92. The van der Waals surface area contributed by atoms with Gasteiger partial charge in [-0.05, 0) is 25.0 Å². The minimum absolute atomic E-state index is 0.00698. The zero-order valence-corrected chi connectivity index (χ0v) is 10.2. The summed E-state index contributed by atoms with van der Waals surface area (Å²) < 4.78 is 0. The second-order valence-electron chi connectivity index (χ2n) is 4.37. The Hall–Kier alpha value is -2.09. The Morgan fingerprint density at radius 2 is 2.24 bits per heavy atom. The first-order valence-electron chi connectivity index (χ1n) is 5.35. The lowest BCUT2D eigenvalue weighted by atomic mass is 9.87. The number of rotatable bonds is 4. The molecule has 3 N–H and O–H groups in total. The van der Waals surface area contributed by atoms with Gasteiger partial charge in [0.15, 0.2) is 0 Å². The minimum atomic E-state index is -0.888. The molecule has 1 aromatic rings. The molecule has 0 saturated heterocycles. The molecule has 0 aliphatic carbocycles. The number of aromatic nitrogens is 1. The van der Waals surface area contributed by atoms with Gasteiger partial charge in [0, 0.05) is 0 Å². The van der Waals surface area contributed by atoms with E-state index in [2.05, 4.69) is 10.3 Å². The fourth-order valence-electron chi connectivity index (χ4n) is 1.32. The Labute approximate surface area is 101 Å². The lowest BCUT2D eigenvalue weighted by Gasteiger charge is -2.31. The molecular weight excluding hydrogens is 216 g/mol. The molecule has 1 unspecified atom stereocenters. The molecule has 17 heavy (non-hydrogen) atoms. The third-order valence-corrected chi connectivity index (χ3v) is 2.92. The van der Waals surface area contributed by atoms with E-state index in [4.69, 9.17) is 11.0 Å². The highest BCUT2D eigenvalue weighted by atomic mass is 16.1. The van der Waals surface area contributed by atoms with Gasteiger partial charge in [-0.2, -0.15) is 5.26 Å². The van der Waals surface area contributed by atoms with Crippen LogP contribution in [0.4, 0.5) is 5.82 Å². The molecule has 0 saturated carbocycles. The van der Waals surface area contributed by atoms with Gasteiger partial charge >= 0.3 is 0 Å². The lowest BCUT2D eigenvalue weighted by molar-refractivity contribution is -0.123. The Bertz CT molecular complexity index is 464. The first kappa shape index (κ1) is 13.0. The summed E-state index contributed by atoms with van der Waals surface area (Å²) in [5, 5.41) is 11.7. The molecule has 1 atom stereocenters. The molecule has 0 bridgehead atoms. The second kappa shape index (κ2) is 4.83. The summed E-state index contributed by atoms with van der Waals surface area (Å²) in [6, 6.07) is 6.95. The number of anilines is 1. The van der Waals surface area contributed by atoms with Gasteiger partial charge in [0.25, 0.3) is 0 Å². The van der Waals surface area contributed by atoms with Gasteiger partial charge in [0.1, 0.15) is 23.1 Å². The van der Waals surface area contributed by atoms with E-state index in [1.165, 1.54) is 0 Å². The highest BCUT2D eigenvalue weighted by Crippen LogP contribution is 2.21. The van der Waals surface area contributed by atoms with Crippen molar-refractivity contribution in [2.24, 2.45) is 11.7 Å². The standard InChI is InChI=1S/C12H16N4O/c1-8(2)12(3,11(14)17)16-10-6-4-5-9(7-13)15-10/h4-6,8H,1-3H3,(H2,14,17)(H,15,16). The molecular formula is C12H16N4O. The molecule has 90 valence electrons. The van der Waals surface area contributed by atoms with E-state index in [1.54, 1.807) is 25.1 Å². The highest BCUT2D eigenvalue weighted by molar-refractivity contribution is 5.87. The average molecular weight is 232 g/mol. The van der Waals surface area contributed by atoms with Crippen LogP contribution in [0, 0.1) is 17.2 Å². The van der Waals surface area contributed by atoms with Crippen molar-refractivity contribution >= 4 is 11.7 Å². The maximum atomic E-state index is 11.5. The summed E-state index contributed by atoms with van der Waals surface area (Å²) in [4.78, 5) is 15.5. The van der Waals surface area contributed by atoms with Gasteiger partial charge < -0.3 is 11.1 Å². The van der Waals surface area contributed by atoms with Crippen LogP contribution in [-0.2, 0) is 4.79 Å². The van der Waals surface area contributed by atoms with Crippen molar-refractivity contribution < 1.29 is 4.79 Å². The molecule has 1 rings (SSSR count). The maximum absolute atomic E-state index is 11.5. The Morgan fingerprint density at radius 3 is 2.71 bits per heavy atom. The molecule has 0 fully saturated rings. The average Bonchev–Trinajstić information content (AvgIpc) is 2.28. The van der Waals surface area contributed by atoms with Crippen LogP contribution < -0.4 is 11.1 Å². The van der Waals surface area contributed by atoms with Gasteiger partial charge in [-0.15, -0.1) is 0 Å². The van der Waals surface area contributed by atoms with E-state index < -0.39 is 11.4 Å². The number of nitrogens with two attached hydrogens (primary N) is 1. The van der Waals surface area contributed by atoms with Crippen LogP contribution in [-0.4, -0.2) is 16.4 Å². The molecule has 0 radical (unpaired) electrons. The topological polar surface area (TPSA) is 91.8 Å². The van der Waals surface area contributed by atoms with Crippen molar-refractivity contribution in [3.8, 4) is 6.07 Å². The zero-order chi connectivity index (χ0) is 13.1. The monoisotopic (exact) mass is 232 g/mol. The number of nitriles is 1. The fraction of sp³-hybridized carbons (Fsp3) is 0.417. The van der Waals surface area contributed by atoms with E-state index in [0.717, 1.165) is 0 Å². The number of hydrogen-bond donors (Lipinski definition) is 2. The molecule has 0 aliphatic rings. The van der Waals surface area contributed by atoms with Gasteiger partial charge in [-0.1, -0.05) is 19.9 Å². The van der Waals surface area contributed by atoms with Gasteiger partial charge in [-0.3, -0.25) is 4.79 Å². The Balaban J connectivity index is 3.03. The van der Waals surface area contributed by atoms with Crippen LogP contribution in [0.25, 0.3) is 0 Å². The SMILES string of the molecule is CC(C)C(C)(Nc1cccc(C#N)n1)C(N)=O. The van der Waals surface area contributed by atoms with E-state index in [-0.39, 0.29) is 5.92 Å². The molecule has 5 nitrogen and oxygen atoms in total. The van der Waals surface area contributed by atoms with Crippen molar-refractivity contribution in [3.05, 3.63) is 23.9 Å². The number of carbonyl (C=O) groups excluding carboxylic acids is 1. The number of primary amides is 1. The van der Waals surface area contributed by atoms with Gasteiger partial charge in [0.05, 0.1) is 0 Å². The number of carbonyl (C=O) groups is 1. The summed E-state index contributed by atoms with van der Waals surface area (Å²) in [7, 11) is 0. The molecule has 5 heteroatoms. The summed E-state index contributed by atoms with van der Waals surface area (Å²) in [6.07, 6.45) is 0. The Morgan fingerprint density at radius 1 is 1.59 bits per heavy atom. The lowest BCUT2D eigenvalue weighted by Crippen LogP contribution is -2.52. The first-order valence-corrected chi connectivity index (χ1v) is 5.35. The molecule has 0 aromatic carbocycles. The van der Waals surface area contributed by atoms with Crippen molar-refractivity contribution in [2.75, 3.05) is 5.32 Å². The highest BCUT2D eigenvalue weighted by Gasteiger charge is 2.34. The van der Waals surface area contributed by atoms with Crippen LogP contribution in [0.2, 0.25) is 0 Å². The number of amides is 1. The van der Waals surface area contributed by atoms with Gasteiger partial charge in [0.2, 0.25) is 5.91 Å². The van der Waals surface area contributed by atoms with Crippen LogP contribution in [0.15, 0.2) is 18.2 Å². The van der Waals surface area contributed by atoms with Crippen molar-refractivity contribution in [3.63, 3.8) is 0 Å². The summed E-state index contributed by atoms with van der Waals surface area (Å²) in [5.41, 5.74) is 4.81. The van der Waals surface area contributed by atoms with E-state index in [9.17, 15) is 4.79 Å². The second-order valence-corrected chi connectivity index (χ2v) is 4.37. The first-order chi connectivity index (χ1) is 7.90. The van der Waals surface area contributed by atoms with Crippen LogP contribution in [0.5, 0.6) is 0 Å². The summed E-state index contributed by atoms with van der Waals surface area (Å²) >= 11 is 0. The largest absolute Gasteiger partial charge is 0.368 e. The fourth-order valence-corrected chi connectivity index (χ4v) is 1.32. The minimum Gasteiger partial charge on any atom is -0.368 e. The maximum Gasteiger partial charge on any atom is 0.243 e.